The van der Waals surface area contributed by atoms with Gasteiger partial charge in [0.05, 0.1) is 0 Å². The summed E-state index contributed by atoms with van der Waals surface area (Å²) in [5.41, 5.74) is 2.69. The van der Waals surface area contributed by atoms with E-state index in [1.807, 2.05) is 0 Å². The number of aliphatic hydroxyl groups excluding tert-OH is 1. The first-order valence-corrected chi connectivity index (χ1v) is 7.63. The summed E-state index contributed by atoms with van der Waals surface area (Å²) in [7, 11) is 0. The predicted molar refractivity (Wildman–Crippen MR) is 84.9 cm³/mol. The highest BCUT2D eigenvalue weighted by atomic mass is 16.2. The molecule has 0 saturated carbocycles. The van der Waals surface area contributed by atoms with Crippen LogP contribution in [0.4, 0.5) is 0 Å². The zero-order valence-corrected chi connectivity index (χ0v) is 12.6. The summed E-state index contributed by atoms with van der Waals surface area (Å²) in [4.78, 5) is 0. The number of nitrogens with one attached hydrogen (secondary N) is 1. The maximum atomic E-state index is 8.85. The SMILES string of the molecule is CC(C)NCc1cn(CCCCCO)c2ccccc12. The number of aliphatic hydroxyl groups is 1. The summed E-state index contributed by atoms with van der Waals surface area (Å²) >= 11 is 0. The maximum Gasteiger partial charge on any atom is 0.0483 e. The number of hydrogen-bond acceptors (Lipinski definition) is 2. The molecular weight excluding hydrogens is 248 g/mol. The summed E-state index contributed by atoms with van der Waals surface area (Å²) in [5, 5.41) is 13.7. The molecule has 2 aromatic rings. The summed E-state index contributed by atoms with van der Waals surface area (Å²) in [6.45, 7) is 6.60. The molecule has 0 radical (unpaired) electrons. The van der Waals surface area contributed by atoms with E-state index in [1.165, 1.54) is 16.5 Å². The third-order valence-electron chi connectivity index (χ3n) is 3.63. The van der Waals surface area contributed by atoms with Gasteiger partial charge < -0.3 is 15.0 Å². The van der Waals surface area contributed by atoms with Gasteiger partial charge in [-0.1, -0.05) is 32.0 Å². The molecule has 1 aromatic carbocycles. The monoisotopic (exact) mass is 274 g/mol. The molecule has 2 N–H and O–H groups in total. The van der Waals surface area contributed by atoms with Crippen molar-refractivity contribution in [1.82, 2.24) is 9.88 Å². The normalized spacial score (nSPS) is 11.6. The van der Waals surface area contributed by atoms with E-state index >= 15 is 0 Å². The van der Waals surface area contributed by atoms with Crippen LogP contribution in [0.15, 0.2) is 30.5 Å². The van der Waals surface area contributed by atoms with Gasteiger partial charge in [0.25, 0.3) is 0 Å². The van der Waals surface area contributed by atoms with Gasteiger partial charge >= 0.3 is 0 Å². The number of aryl methyl sites for hydroxylation is 1. The lowest BCUT2D eigenvalue weighted by atomic mass is 10.1. The Bertz CT molecular complexity index is 531. The van der Waals surface area contributed by atoms with Crippen molar-refractivity contribution in [2.75, 3.05) is 6.61 Å². The van der Waals surface area contributed by atoms with Crippen LogP contribution in [0.25, 0.3) is 10.9 Å². The Hall–Kier alpha value is -1.32. The average molecular weight is 274 g/mol. The van der Waals surface area contributed by atoms with Crippen LogP contribution in [-0.2, 0) is 13.1 Å². The molecule has 1 heterocycles. The summed E-state index contributed by atoms with van der Waals surface area (Å²) in [5.74, 6) is 0. The van der Waals surface area contributed by atoms with E-state index in [-0.39, 0.29) is 0 Å². The van der Waals surface area contributed by atoms with Gasteiger partial charge in [0.1, 0.15) is 0 Å². The Kier molecular flexibility index (Phi) is 5.62. The first kappa shape index (κ1) is 15.1. The van der Waals surface area contributed by atoms with Crippen molar-refractivity contribution in [2.45, 2.75) is 52.2 Å². The average Bonchev–Trinajstić information content (AvgIpc) is 2.80. The number of fused-ring (bicyclic) bond motifs is 1. The van der Waals surface area contributed by atoms with E-state index in [0.717, 1.165) is 32.4 Å². The maximum absolute atomic E-state index is 8.85. The second kappa shape index (κ2) is 7.46. The standard InChI is InChI=1S/C17H26N2O/c1-14(2)18-12-15-13-19(10-6-3-7-11-20)17-9-5-4-8-16(15)17/h4-5,8-9,13-14,18,20H,3,6-7,10-12H2,1-2H3. The van der Waals surface area contributed by atoms with Gasteiger partial charge in [0.15, 0.2) is 0 Å². The fourth-order valence-electron chi connectivity index (χ4n) is 2.53. The molecule has 0 spiro atoms. The zero-order valence-electron chi connectivity index (χ0n) is 12.6. The molecule has 0 fully saturated rings. The molecular formula is C17H26N2O. The van der Waals surface area contributed by atoms with Crippen molar-refractivity contribution in [1.29, 1.82) is 0 Å². The van der Waals surface area contributed by atoms with Crippen molar-refractivity contribution in [3.63, 3.8) is 0 Å². The third-order valence-corrected chi connectivity index (χ3v) is 3.63. The highest BCUT2D eigenvalue weighted by Gasteiger charge is 2.08. The van der Waals surface area contributed by atoms with E-state index < -0.39 is 0 Å². The van der Waals surface area contributed by atoms with E-state index in [2.05, 4.69) is 54.2 Å². The van der Waals surface area contributed by atoms with E-state index in [0.29, 0.717) is 12.6 Å². The first-order chi connectivity index (χ1) is 9.72. The predicted octanol–water partition coefficient (Wildman–Crippen LogP) is 3.30. The molecule has 0 saturated heterocycles. The smallest absolute Gasteiger partial charge is 0.0483 e. The van der Waals surface area contributed by atoms with Gasteiger partial charge in [-0.3, -0.25) is 0 Å². The molecule has 0 bridgehead atoms. The Morgan fingerprint density at radius 3 is 2.70 bits per heavy atom. The van der Waals surface area contributed by atoms with Crippen LogP contribution in [-0.4, -0.2) is 22.3 Å². The topological polar surface area (TPSA) is 37.2 Å². The Morgan fingerprint density at radius 1 is 1.15 bits per heavy atom. The van der Waals surface area contributed by atoms with Crippen molar-refractivity contribution in [2.24, 2.45) is 0 Å². The molecule has 3 nitrogen and oxygen atoms in total. The molecule has 3 heteroatoms. The number of aromatic nitrogens is 1. The molecule has 20 heavy (non-hydrogen) atoms. The minimum absolute atomic E-state index is 0.302. The number of hydrogen-bond donors (Lipinski definition) is 2. The third kappa shape index (κ3) is 3.84. The quantitative estimate of drug-likeness (QED) is 0.725. The molecule has 1 aromatic heterocycles. The molecule has 0 aliphatic carbocycles. The molecule has 0 atom stereocenters. The Morgan fingerprint density at radius 2 is 1.95 bits per heavy atom. The van der Waals surface area contributed by atoms with Gasteiger partial charge in [-0.25, -0.2) is 0 Å². The highest BCUT2D eigenvalue weighted by molar-refractivity contribution is 5.83. The van der Waals surface area contributed by atoms with Gasteiger partial charge in [-0.15, -0.1) is 0 Å². The fourth-order valence-corrected chi connectivity index (χ4v) is 2.53. The van der Waals surface area contributed by atoms with Crippen LogP contribution in [0.1, 0.15) is 38.7 Å². The van der Waals surface area contributed by atoms with E-state index in [4.69, 9.17) is 5.11 Å². The molecule has 0 aliphatic heterocycles. The molecule has 0 unspecified atom stereocenters. The number of nitrogens with zero attached hydrogens (tertiary/aromatic N) is 1. The van der Waals surface area contributed by atoms with Crippen LogP contribution >= 0.6 is 0 Å². The largest absolute Gasteiger partial charge is 0.396 e. The molecule has 0 aliphatic rings. The summed E-state index contributed by atoms with van der Waals surface area (Å²) in [6.07, 6.45) is 5.39. The number of rotatable bonds is 8. The lowest BCUT2D eigenvalue weighted by Gasteiger charge is -2.06. The Balaban J connectivity index is 2.13. The lowest BCUT2D eigenvalue weighted by Crippen LogP contribution is -2.21. The number of para-hydroxylation sites is 1. The van der Waals surface area contributed by atoms with E-state index in [1.54, 1.807) is 0 Å². The van der Waals surface area contributed by atoms with Crippen LogP contribution in [0, 0.1) is 0 Å². The van der Waals surface area contributed by atoms with Gasteiger partial charge in [0.2, 0.25) is 0 Å². The van der Waals surface area contributed by atoms with Crippen LogP contribution in [0.3, 0.4) is 0 Å². The number of benzene rings is 1. The van der Waals surface area contributed by atoms with Gasteiger partial charge in [-0.05, 0) is 30.9 Å². The van der Waals surface area contributed by atoms with Crippen molar-refractivity contribution < 1.29 is 5.11 Å². The second-order valence-corrected chi connectivity index (χ2v) is 5.68. The molecule has 0 amide bonds. The van der Waals surface area contributed by atoms with Crippen LogP contribution < -0.4 is 5.32 Å². The van der Waals surface area contributed by atoms with Crippen LogP contribution in [0.5, 0.6) is 0 Å². The molecule has 2 rings (SSSR count). The highest BCUT2D eigenvalue weighted by Crippen LogP contribution is 2.22. The van der Waals surface area contributed by atoms with Crippen molar-refractivity contribution in [3.05, 3.63) is 36.0 Å². The summed E-state index contributed by atoms with van der Waals surface area (Å²) in [6, 6.07) is 9.11. The van der Waals surface area contributed by atoms with E-state index in [9.17, 15) is 0 Å². The lowest BCUT2D eigenvalue weighted by molar-refractivity contribution is 0.282. The number of unbranched alkanes of at least 4 members (excludes halogenated alkanes) is 2. The minimum Gasteiger partial charge on any atom is -0.396 e. The van der Waals surface area contributed by atoms with Crippen LogP contribution in [0.2, 0.25) is 0 Å². The van der Waals surface area contributed by atoms with Crippen molar-refractivity contribution >= 4 is 10.9 Å². The van der Waals surface area contributed by atoms with Crippen molar-refractivity contribution in [3.8, 4) is 0 Å². The second-order valence-electron chi connectivity index (χ2n) is 5.68. The fraction of sp³-hybridized carbons (Fsp3) is 0.529. The first-order valence-electron chi connectivity index (χ1n) is 7.63. The zero-order chi connectivity index (χ0) is 14.4. The molecule has 110 valence electrons. The summed E-state index contributed by atoms with van der Waals surface area (Å²) < 4.78 is 2.35. The van der Waals surface area contributed by atoms with Gasteiger partial charge in [0, 0.05) is 42.8 Å². The minimum atomic E-state index is 0.302. The Labute approximate surface area is 121 Å². The van der Waals surface area contributed by atoms with Gasteiger partial charge in [-0.2, -0.15) is 0 Å².